The first-order chi connectivity index (χ1) is 11.8. The largest absolute Gasteiger partial charge is 0.482 e. The van der Waals surface area contributed by atoms with E-state index < -0.39 is 10.0 Å². The summed E-state index contributed by atoms with van der Waals surface area (Å²) >= 11 is 5.95. The van der Waals surface area contributed by atoms with Crippen molar-refractivity contribution in [1.82, 2.24) is 9.62 Å². The summed E-state index contributed by atoms with van der Waals surface area (Å²) in [6.07, 6.45) is 0. The first-order valence-corrected chi connectivity index (χ1v) is 9.78. The van der Waals surface area contributed by atoms with Crippen molar-refractivity contribution in [3.8, 4) is 5.75 Å². The number of nitrogens with one attached hydrogen (secondary N) is 1. The number of methoxy groups -OCH3 is 1. The van der Waals surface area contributed by atoms with Gasteiger partial charge in [-0.2, -0.15) is 4.31 Å². The number of amides is 1. The van der Waals surface area contributed by atoms with Gasteiger partial charge in [0.05, 0.1) is 6.61 Å². The fourth-order valence-corrected chi connectivity index (χ4v) is 4.11. The normalized spacial score (nSPS) is 12.9. The Morgan fingerprint density at radius 2 is 1.96 bits per heavy atom. The molecule has 1 aromatic rings. The standard InChI is InChI=1S/C16H25ClN2O5S/c1-5-19(6-2)25(21,22)15-9-13(17)7-8-14(15)24-11-16(20)18-12(3)10-23-4/h7-9,12H,5-6,10-11H2,1-4H3,(H,18,20)/t12-/m0/s1. The molecule has 7 nitrogen and oxygen atoms in total. The molecule has 0 radical (unpaired) electrons. The van der Waals surface area contributed by atoms with Crippen molar-refractivity contribution >= 4 is 27.5 Å². The zero-order valence-corrected chi connectivity index (χ0v) is 16.5. The molecule has 9 heteroatoms. The summed E-state index contributed by atoms with van der Waals surface area (Å²) in [5.74, 6) is -0.281. The van der Waals surface area contributed by atoms with Crippen LogP contribution in [-0.4, -0.2) is 58.1 Å². The van der Waals surface area contributed by atoms with Gasteiger partial charge in [-0.05, 0) is 25.1 Å². The van der Waals surface area contributed by atoms with Gasteiger partial charge >= 0.3 is 0 Å². The molecule has 1 N–H and O–H groups in total. The lowest BCUT2D eigenvalue weighted by atomic mass is 10.3. The van der Waals surface area contributed by atoms with Crippen molar-refractivity contribution < 1.29 is 22.7 Å². The van der Waals surface area contributed by atoms with Crippen LogP contribution in [0.2, 0.25) is 5.02 Å². The van der Waals surface area contributed by atoms with Crippen LogP contribution in [0.3, 0.4) is 0 Å². The van der Waals surface area contributed by atoms with Gasteiger partial charge in [-0.1, -0.05) is 25.4 Å². The highest BCUT2D eigenvalue weighted by Gasteiger charge is 2.26. The molecular formula is C16H25ClN2O5S. The molecule has 0 saturated heterocycles. The van der Waals surface area contributed by atoms with Crippen molar-refractivity contribution in [3.63, 3.8) is 0 Å². The minimum atomic E-state index is -3.76. The molecule has 1 amide bonds. The maximum absolute atomic E-state index is 12.7. The van der Waals surface area contributed by atoms with Gasteiger partial charge in [0.15, 0.2) is 6.61 Å². The maximum Gasteiger partial charge on any atom is 0.258 e. The number of hydrogen-bond donors (Lipinski definition) is 1. The predicted molar refractivity (Wildman–Crippen MR) is 96.5 cm³/mol. The van der Waals surface area contributed by atoms with Crippen molar-refractivity contribution in [1.29, 1.82) is 0 Å². The summed E-state index contributed by atoms with van der Waals surface area (Å²) < 4.78 is 37.2. The van der Waals surface area contributed by atoms with Gasteiger partial charge in [-0.3, -0.25) is 4.79 Å². The molecule has 0 aliphatic rings. The van der Waals surface area contributed by atoms with Crippen LogP contribution in [0.1, 0.15) is 20.8 Å². The molecule has 1 rings (SSSR count). The van der Waals surface area contributed by atoms with Crippen LogP contribution in [0.15, 0.2) is 23.1 Å². The van der Waals surface area contributed by atoms with Crippen LogP contribution < -0.4 is 10.1 Å². The lowest BCUT2D eigenvalue weighted by molar-refractivity contribution is -0.124. The average molecular weight is 393 g/mol. The third-order valence-electron chi connectivity index (χ3n) is 3.41. The second kappa shape index (κ2) is 9.96. The summed E-state index contributed by atoms with van der Waals surface area (Å²) in [7, 11) is -2.22. The van der Waals surface area contributed by atoms with E-state index >= 15 is 0 Å². The fourth-order valence-electron chi connectivity index (χ4n) is 2.26. The van der Waals surface area contributed by atoms with Crippen LogP contribution in [0.4, 0.5) is 0 Å². The van der Waals surface area contributed by atoms with Crippen LogP contribution in [-0.2, 0) is 19.6 Å². The molecule has 0 unspecified atom stereocenters. The van der Waals surface area contributed by atoms with Crippen molar-refractivity contribution in [2.24, 2.45) is 0 Å². The number of carbonyl (C=O) groups excluding carboxylic acids is 1. The molecule has 0 aromatic heterocycles. The molecule has 0 saturated carbocycles. The van der Waals surface area contributed by atoms with Crippen molar-refractivity contribution in [3.05, 3.63) is 23.2 Å². The van der Waals surface area contributed by atoms with E-state index in [0.717, 1.165) is 0 Å². The second-order valence-corrected chi connectivity index (χ2v) is 7.74. The zero-order valence-electron chi connectivity index (χ0n) is 14.9. The van der Waals surface area contributed by atoms with E-state index in [1.165, 1.54) is 29.6 Å². The number of hydrogen-bond acceptors (Lipinski definition) is 5. The summed E-state index contributed by atoms with van der Waals surface area (Å²) in [5, 5.41) is 2.97. The Bertz CT molecular complexity index is 677. The molecule has 25 heavy (non-hydrogen) atoms. The molecule has 142 valence electrons. The Morgan fingerprint density at radius 3 is 2.52 bits per heavy atom. The third kappa shape index (κ3) is 6.14. The first kappa shape index (κ1) is 21.7. The number of ether oxygens (including phenoxy) is 2. The number of sulfonamides is 1. The summed E-state index contributed by atoms with van der Waals surface area (Å²) in [6.45, 7) is 5.98. The van der Waals surface area contributed by atoms with Crippen molar-refractivity contribution in [2.45, 2.75) is 31.7 Å². The molecule has 1 atom stereocenters. The smallest absolute Gasteiger partial charge is 0.258 e. The van der Waals surface area contributed by atoms with Gasteiger partial charge in [0.1, 0.15) is 10.6 Å². The van der Waals surface area contributed by atoms with E-state index in [-0.39, 0.29) is 34.2 Å². The molecule has 0 bridgehead atoms. The van der Waals surface area contributed by atoms with E-state index in [1.807, 2.05) is 0 Å². The Labute approximate surface area is 154 Å². The van der Waals surface area contributed by atoms with Crippen LogP contribution in [0, 0.1) is 0 Å². The SMILES string of the molecule is CCN(CC)S(=O)(=O)c1cc(Cl)ccc1OCC(=O)N[C@@H](C)COC. The Hall–Kier alpha value is -1.35. The predicted octanol–water partition coefficient (Wildman–Crippen LogP) is 1.90. The van der Waals surface area contributed by atoms with Gasteiger partial charge in [-0.25, -0.2) is 8.42 Å². The fraction of sp³-hybridized carbons (Fsp3) is 0.562. The summed E-state index contributed by atoms with van der Waals surface area (Å²) in [4.78, 5) is 11.8. The summed E-state index contributed by atoms with van der Waals surface area (Å²) in [6, 6.07) is 4.12. The number of benzene rings is 1. The molecular weight excluding hydrogens is 368 g/mol. The molecule has 0 heterocycles. The van der Waals surface area contributed by atoms with Gasteiger partial charge in [0, 0.05) is 31.3 Å². The number of halogens is 1. The average Bonchev–Trinajstić information content (AvgIpc) is 2.54. The maximum atomic E-state index is 12.7. The third-order valence-corrected chi connectivity index (χ3v) is 5.72. The van der Waals surface area contributed by atoms with E-state index in [2.05, 4.69) is 5.32 Å². The highest BCUT2D eigenvalue weighted by Crippen LogP contribution is 2.29. The highest BCUT2D eigenvalue weighted by molar-refractivity contribution is 7.89. The van der Waals surface area contributed by atoms with E-state index in [1.54, 1.807) is 20.8 Å². The number of nitrogens with zero attached hydrogens (tertiary/aromatic N) is 1. The Balaban J connectivity index is 2.97. The minimum Gasteiger partial charge on any atom is -0.482 e. The van der Waals surface area contributed by atoms with Gasteiger partial charge < -0.3 is 14.8 Å². The second-order valence-electron chi connectivity index (χ2n) is 5.39. The van der Waals surface area contributed by atoms with Crippen LogP contribution in [0.25, 0.3) is 0 Å². The van der Waals surface area contributed by atoms with E-state index in [4.69, 9.17) is 21.1 Å². The number of rotatable bonds is 10. The quantitative estimate of drug-likeness (QED) is 0.657. The molecule has 0 aliphatic carbocycles. The lowest BCUT2D eigenvalue weighted by Crippen LogP contribution is -2.38. The Kier molecular flexibility index (Phi) is 8.64. The molecule has 1 aromatic carbocycles. The lowest BCUT2D eigenvalue weighted by Gasteiger charge is -2.21. The van der Waals surface area contributed by atoms with Gasteiger partial charge in [-0.15, -0.1) is 0 Å². The topological polar surface area (TPSA) is 84.9 Å². The minimum absolute atomic E-state index is 0.0542. The molecule has 0 spiro atoms. The van der Waals surface area contributed by atoms with E-state index in [9.17, 15) is 13.2 Å². The zero-order chi connectivity index (χ0) is 19.0. The molecule has 0 aliphatic heterocycles. The van der Waals surface area contributed by atoms with Gasteiger partial charge in [0.25, 0.3) is 5.91 Å². The first-order valence-electron chi connectivity index (χ1n) is 7.97. The van der Waals surface area contributed by atoms with Crippen LogP contribution >= 0.6 is 11.6 Å². The van der Waals surface area contributed by atoms with Gasteiger partial charge in [0.2, 0.25) is 10.0 Å². The monoisotopic (exact) mass is 392 g/mol. The van der Waals surface area contributed by atoms with E-state index in [0.29, 0.717) is 19.7 Å². The van der Waals surface area contributed by atoms with Crippen molar-refractivity contribution in [2.75, 3.05) is 33.4 Å². The number of carbonyl (C=O) groups is 1. The molecule has 0 fully saturated rings. The Morgan fingerprint density at radius 1 is 1.32 bits per heavy atom. The summed E-state index contributed by atoms with van der Waals surface area (Å²) in [5.41, 5.74) is 0. The highest BCUT2D eigenvalue weighted by atomic mass is 35.5. The van der Waals surface area contributed by atoms with Crippen LogP contribution in [0.5, 0.6) is 5.75 Å².